The number of rotatable bonds is 6. The summed E-state index contributed by atoms with van der Waals surface area (Å²) in [6.07, 6.45) is 3.79. The molecule has 0 unspecified atom stereocenters. The van der Waals surface area contributed by atoms with Crippen LogP contribution in [0.25, 0.3) is 5.52 Å². The molecule has 8 heteroatoms. The average molecular weight is 459 g/mol. The second-order valence-electron chi connectivity index (χ2n) is 7.31. The fourth-order valence-electron chi connectivity index (χ4n) is 3.74. The zero-order chi connectivity index (χ0) is 20.5. The van der Waals surface area contributed by atoms with Crippen molar-refractivity contribution in [1.29, 1.82) is 0 Å². The van der Waals surface area contributed by atoms with Gasteiger partial charge in [0.2, 0.25) is 11.8 Å². The summed E-state index contributed by atoms with van der Waals surface area (Å²) in [7, 11) is 1.65. The van der Waals surface area contributed by atoms with Gasteiger partial charge < -0.3 is 14.4 Å². The molecule has 0 N–H and O–H groups in total. The summed E-state index contributed by atoms with van der Waals surface area (Å²) in [5.74, 6) is 1.55. The van der Waals surface area contributed by atoms with E-state index in [1.165, 1.54) is 0 Å². The lowest BCUT2D eigenvalue weighted by atomic mass is 10.0. The minimum absolute atomic E-state index is 0.00358. The highest BCUT2D eigenvalue weighted by atomic mass is 79.9. The highest BCUT2D eigenvalue weighted by molar-refractivity contribution is 9.10. The molecular formula is C21H23BrN4O3. The number of methoxy groups -OCH3 is 1. The van der Waals surface area contributed by atoms with E-state index in [9.17, 15) is 4.79 Å². The van der Waals surface area contributed by atoms with Crippen molar-refractivity contribution in [3.8, 4) is 11.6 Å². The zero-order valence-electron chi connectivity index (χ0n) is 16.6. The van der Waals surface area contributed by atoms with Gasteiger partial charge in [-0.3, -0.25) is 4.79 Å². The van der Waals surface area contributed by atoms with Crippen LogP contribution in [0.1, 0.15) is 31.9 Å². The van der Waals surface area contributed by atoms with Crippen molar-refractivity contribution in [2.75, 3.05) is 13.7 Å². The Morgan fingerprint density at radius 2 is 1.97 bits per heavy atom. The quantitative estimate of drug-likeness (QED) is 0.560. The van der Waals surface area contributed by atoms with Crippen LogP contribution < -0.4 is 9.47 Å². The minimum atomic E-state index is -0.160. The normalized spacial score (nSPS) is 18.8. The molecule has 0 spiro atoms. The minimum Gasteiger partial charge on any atom is -0.497 e. The molecule has 3 aromatic rings. The highest BCUT2D eigenvalue weighted by Gasteiger charge is 2.37. The van der Waals surface area contributed by atoms with Crippen molar-refractivity contribution >= 4 is 27.4 Å². The lowest BCUT2D eigenvalue weighted by molar-refractivity contribution is -0.129. The number of hydrogen-bond donors (Lipinski definition) is 0. The van der Waals surface area contributed by atoms with Crippen LogP contribution in [-0.2, 0) is 4.79 Å². The van der Waals surface area contributed by atoms with Crippen molar-refractivity contribution in [3.63, 3.8) is 0 Å². The van der Waals surface area contributed by atoms with Crippen LogP contribution in [-0.4, -0.2) is 45.2 Å². The second-order valence-corrected chi connectivity index (χ2v) is 8.12. The smallest absolute Gasteiger partial charge is 0.241 e. The first-order valence-electron chi connectivity index (χ1n) is 9.56. The predicted octanol–water partition coefficient (Wildman–Crippen LogP) is 3.88. The maximum absolute atomic E-state index is 12.7. The highest BCUT2D eigenvalue weighted by Crippen LogP contribution is 2.32. The predicted molar refractivity (Wildman–Crippen MR) is 112 cm³/mol. The molecule has 0 saturated carbocycles. The largest absolute Gasteiger partial charge is 0.497 e. The lowest BCUT2D eigenvalue weighted by Gasteiger charge is -2.26. The van der Waals surface area contributed by atoms with Gasteiger partial charge in [-0.15, -0.1) is 0 Å². The van der Waals surface area contributed by atoms with Crippen LogP contribution >= 0.6 is 15.9 Å². The van der Waals surface area contributed by atoms with Gasteiger partial charge >= 0.3 is 0 Å². The fraction of sp³-hybridized carbons (Fsp3) is 0.381. The average Bonchev–Trinajstić information content (AvgIpc) is 3.34. The van der Waals surface area contributed by atoms with Gasteiger partial charge in [0.25, 0.3) is 0 Å². The summed E-state index contributed by atoms with van der Waals surface area (Å²) in [4.78, 5) is 19.1. The Labute approximate surface area is 177 Å². The number of ether oxygens (including phenoxy) is 2. The van der Waals surface area contributed by atoms with E-state index in [0.29, 0.717) is 23.4 Å². The van der Waals surface area contributed by atoms with Gasteiger partial charge in [0.1, 0.15) is 22.0 Å². The fourth-order valence-corrected chi connectivity index (χ4v) is 4.10. The second kappa shape index (κ2) is 8.02. The van der Waals surface area contributed by atoms with Gasteiger partial charge in [-0.25, -0.2) is 9.50 Å². The molecule has 1 aliphatic heterocycles. The van der Waals surface area contributed by atoms with Gasteiger partial charge in [0.15, 0.2) is 0 Å². The number of amides is 1. The molecule has 0 radical (unpaired) electrons. The third-order valence-electron chi connectivity index (χ3n) is 5.54. The number of halogens is 1. The number of carbonyl (C=O) groups excluding carboxylic acids is 1. The van der Waals surface area contributed by atoms with Crippen molar-refractivity contribution in [3.05, 3.63) is 52.9 Å². The molecule has 1 saturated heterocycles. The third kappa shape index (κ3) is 3.94. The molecule has 3 heterocycles. The zero-order valence-corrected chi connectivity index (χ0v) is 18.2. The van der Waals surface area contributed by atoms with Crippen LogP contribution in [0.2, 0.25) is 0 Å². The number of hydrogen-bond acceptors (Lipinski definition) is 5. The van der Waals surface area contributed by atoms with Crippen molar-refractivity contribution in [2.24, 2.45) is 5.92 Å². The Hall–Kier alpha value is -2.61. The van der Waals surface area contributed by atoms with Crippen LogP contribution in [0, 0.1) is 5.92 Å². The van der Waals surface area contributed by atoms with E-state index >= 15 is 0 Å². The maximum Gasteiger partial charge on any atom is 0.241 e. The van der Waals surface area contributed by atoms with E-state index in [1.807, 2.05) is 42.2 Å². The first-order valence-corrected chi connectivity index (χ1v) is 10.4. The van der Waals surface area contributed by atoms with Gasteiger partial charge in [-0.05, 0) is 53.5 Å². The van der Waals surface area contributed by atoms with Crippen LogP contribution in [0.4, 0.5) is 0 Å². The van der Waals surface area contributed by atoms with E-state index in [-0.39, 0.29) is 24.0 Å². The van der Waals surface area contributed by atoms with Crippen LogP contribution in [0.15, 0.2) is 47.3 Å². The number of benzene rings is 1. The molecule has 152 valence electrons. The molecule has 1 aliphatic rings. The van der Waals surface area contributed by atoms with Crippen molar-refractivity contribution in [1.82, 2.24) is 19.5 Å². The van der Waals surface area contributed by atoms with Crippen LogP contribution in [0.5, 0.6) is 11.6 Å². The number of nitrogens with zero attached hydrogens (tertiary/aromatic N) is 4. The summed E-state index contributed by atoms with van der Waals surface area (Å²) in [5, 5.41) is 4.23. The van der Waals surface area contributed by atoms with E-state index in [4.69, 9.17) is 9.47 Å². The Bertz CT molecular complexity index is 1020. The van der Waals surface area contributed by atoms with Gasteiger partial charge in [0.05, 0.1) is 25.5 Å². The Kier molecular flexibility index (Phi) is 5.45. The topological polar surface area (TPSA) is 69.0 Å². The summed E-state index contributed by atoms with van der Waals surface area (Å²) < 4.78 is 13.8. The van der Waals surface area contributed by atoms with Crippen molar-refractivity contribution in [2.45, 2.75) is 32.4 Å². The molecule has 1 aromatic carbocycles. The summed E-state index contributed by atoms with van der Waals surface area (Å²) >= 11 is 3.39. The Morgan fingerprint density at radius 1 is 1.21 bits per heavy atom. The number of aromatic nitrogens is 3. The first-order chi connectivity index (χ1) is 14.0. The van der Waals surface area contributed by atoms with Crippen molar-refractivity contribution < 1.29 is 14.3 Å². The van der Waals surface area contributed by atoms with Gasteiger partial charge in [0, 0.05) is 18.9 Å². The SMILES string of the molecule is COc1ccc([C@@H](C)N2C[C@H]([C@@H](C)Oc3nc(Br)cn4nccc34)CC2=O)cc1. The van der Waals surface area contributed by atoms with Gasteiger partial charge in [-0.1, -0.05) is 12.1 Å². The van der Waals surface area contributed by atoms with E-state index in [1.54, 1.807) is 24.0 Å². The number of fused-ring (bicyclic) bond motifs is 1. The molecule has 0 aliphatic carbocycles. The van der Waals surface area contributed by atoms with E-state index < -0.39 is 0 Å². The standard InChI is InChI=1S/C21H23BrN4O3/c1-13(15-4-6-17(28-3)7-5-15)25-11-16(10-20(25)27)14(2)29-21-18-8-9-23-26(18)12-19(22)24-21/h4-9,12-14,16H,10-11H2,1-3H3/t13-,14-,16-/m1/s1. The molecule has 1 amide bonds. The number of likely N-dealkylation sites (tertiary alicyclic amines) is 1. The molecule has 0 bridgehead atoms. The summed E-state index contributed by atoms with van der Waals surface area (Å²) in [5.41, 5.74) is 1.89. The van der Waals surface area contributed by atoms with Gasteiger partial charge in [-0.2, -0.15) is 5.10 Å². The molecule has 4 rings (SSSR count). The first kappa shape index (κ1) is 19.7. The maximum atomic E-state index is 12.7. The Balaban J connectivity index is 1.47. The monoisotopic (exact) mass is 458 g/mol. The molecule has 29 heavy (non-hydrogen) atoms. The van der Waals surface area contributed by atoms with Crippen LogP contribution in [0.3, 0.4) is 0 Å². The third-order valence-corrected chi connectivity index (χ3v) is 5.92. The molecule has 2 aromatic heterocycles. The molecule has 7 nitrogen and oxygen atoms in total. The molecule has 1 fully saturated rings. The molecule has 3 atom stereocenters. The summed E-state index contributed by atoms with van der Waals surface area (Å²) in [6.45, 7) is 4.70. The Morgan fingerprint density at radius 3 is 2.69 bits per heavy atom. The lowest BCUT2D eigenvalue weighted by Crippen LogP contribution is -2.31. The molecular weight excluding hydrogens is 436 g/mol. The number of carbonyl (C=O) groups is 1. The summed E-state index contributed by atoms with van der Waals surface area (Å²) in [6, 6.07) is 9.71. The van der Waals surface area contributed by atoms with E-state index in [0.717, 1.165) is 16.8 Å². The van der Waals surface area contributed by atoms with E-state index in [2.05, 4.69) is 32.9 Å².